The molecule has 17 heteroatoms. The van der Waals surface area contributed by atoms with Gasteiger partial charge in [0.05, 0.1) is 0 Å². The summed E-state index contributed by atoms with van der Waals surface area (Å²) in [5.74, 6) is -45.2. The minimum atomic E-state index is -3.96. The lowest BCUT2D eigenvalue weighted by Crippen LogP contribution is -2.60. The van der Waals surface area contributed by atoms with Gasteiger partial charge in [0.25, 0.3) is 6.71 Å². The van der Waals surface area contributed by atoms with E-state index < -0.39 is 110 Å². The number of hydrogen-bond donors (Lipinski definition) is 0. The van der Waals surface area contributed by atoms with Crippen molar-refractivity contribution < 1.29 is 71.3 Å². The van der Waals surface area contributed by atoms with E-state index in [2.05, 4.69) is 0 Å². The molecule has 0 saturated heterocycles. The first-order valence-corrected chi connectivity index (χ1v) is 8.20. The van der Waals surface area contributed by atoms with Gasteiger partial charge in [-0.3, -0.25) is 0 Å². The number of halogens is 15. The second kappa shape index (κ2) is 9.35. The summed E-state index contributed by atoms with van der Waals surface area (Å²) in [4.78, 5) is 0. The van der Waals surface area contributed by atoms with Gasteiger partial charge >= 0.3 is 0 Å². The van der Waals surface area contributed by atoms with Crippen molar-refractivity contribution in [3.05, 3.63) is 87.3 Å². The third kappa shape index (κ3) is 3.86. The average molecular weight is 530 g/mol. The maximum absolute atomic E-state index is 14.4. The normalized spacial score (nSPS) is 11.1. The van der Waals surface area contributed by atoms with Gasteiger partial charge in [0.15, 0.2) is 87.3 Å². The van der Waals surface area contributed by atoms with Crippen LogP contribution in [0.5, 0.6) is 0 Å². The molecule has 3 aromatic carbocycles. The predicted octanol–water partition coefficient (Wildman–Crippen LogP) is 3.46. The van der Waals surface area contributed by atoms with Crippen LogP contribution in [0.4, 0.5) is 65.9 Å². The number of hydrogen-bond acceptors (Lipinski definition) is 0. The van der Waals surface area contributed by atoms with Gasteiger partial charge in [-0.15, -0.1) is 0 Å². The highest BCUT2D eigenvalue weighted by atomic mass is 19.2. The lowest BCUT2D eigenvalue weighted by Gasteiger charge is -2.21. The van der Waals surface area contributed by atoms with Crippen LogP contribution < -0.4 is 16.4 Å². The van der Waals surface area contributed by atoms with Crippen LogP contribution in [-0.2, 0) is 0 Å². The van der Waals surface area contributed by atoms with E-state index in [1.807, 2.05) is 0 Å². The fourth-order valence-corrected chi connectivity index (χ4v) is 3.06. The summed E-state index contributed by atoms with van der Waals surface area (Å²) in [6.45, 7) is -3.96. The molecule has 0 spiro atoms. The van der Waals surface area contributed by atoms with Crippen LogP contribution in [0.3, 0.4) is 0 Å². The van der Waals surface area contributed by atoms with Gasteiger partial charge in [-0.1, -0.05) is 0 Å². The zero-order valence-corrected chi connectivity index (χ0v) is 15.7. The Bertz CT molecular complexity index is 1120. The van der Waals surface area contributed by atoms with Crippen molar-refractivity contribution in [2.45, 2.75) is 0 Å². The largest absolute Gasteiger partial charge is 0.412 e. The van der Waals surface area contributed by atoms with E-state index in [0.717, 1.165) is 0 Å². The number of benzene rings is 3. The fraction of sp³-hybridized carbons (Fsp3) is 0. The SMILES string of the molecule is Fc1c(F)c(F)c(B(c2c(F)c(F)c(F)c(F)c2F)c2c(F)c(F)c(F)c(F)c2F)c(F)c1F.O. The van der Waals surface area contributed by atoms with Gasteiger partial charge in [0.2, 0.25) is 0 Å². The van der Waals surface area contributed by atoms with Gasteiger partial charge in [0, 0.05) is 16.4 Å². The molecule has 0 unspecified atom stereocenters. The van der Waals surface area contributed by atoms with E-state index in [4.69, 9.17) is 0 Å². The average Bonchev–Trinajstić information content (AvgIpc) is 2.81. The van der Waals surface area contributed by atoms with Gasteiger partial charge < -0.3 is 5.48 Å². The first-order valence-electron chi connectivity index (χ1n) is 8.20. The van der Waals surface area contributed by atoms with E-state index in [9.17, 15) is 65.9 Å². The molecule has 35 heavy (non-hydrogen) atoms. The fourth-order valence-electron chi connectivity index (χ4n) is 3.06. The summed E-state index contributed by atoms with van der Waals surface area (Å²) >= 11 is 0. The summed E-state index contributed by atoms with van der Waals surface area (Å²) in [6.07, 6.45) is 0. The lowest BCUT2D eigenvalue weighted by molar-refractivity contribution is 0.380. The monoisotopic (exact) mass is 530 g/mol. The maximum Gasteiger partial charge on any atom is 0.265 e. The third-order valence-electron chi connectivity index (χ3n) is 4.60. The zero-order valence-electron chi connectivity index (χ0n) is 15.7. The van der Waals surface area contributed by atoms with E-state index in [1.165, 1.54) is 0 Å². The molecule has 1 nitrogen and oxygen atoms in total. The second-order valence-corrected chi connectivity index (χ2v) is 6.38. The molecule has 3 aromatic rings. The third-order valence-corrected chi connectivity index (χ3v) is 4.60. The summed E-state index contributed by atoms with van der Waals surface area (Å²) in [6, 6.07) is 0. The Labute approximate surface area is 182 Å². The van der Waals surface area contributed by atoms with Crippen LogP contribution in [0.1, 0.15) is 0 Å². The molecular weight excluding hydrogens is 528 g/mol. The molecular formula is C18H2BF15O. The molecule has 0 aromatic heterocycles. The Hall–Kier alpha value is -3.37. The number of rotatable bonds is 3. The van der Waals surface area contributed by atoms with Crippen molar-refractivity contribution in [3.63, 3.8) is 0 Å². The molecule has 0 amide bonds. The quantitative estimate of drug-likeness (QED) is 0.215. The molecule has 0 fully saturated rings. The molecule has 0 aliphatic rings. The molecule has 0 aliphatic heterocycles. The van der Waals surface area contributed by atoms with Crippen LogP contribution in [-0.4, -0.2) is 12.2 Å². The van der Waals surface area contributed by atoms with Crippen LogP contribution in [0.15, 0.2) is 0 Å². The Kier molecular flexibility index (Phi) is 7.45. The van der Waals surface area contributed by atoms with E-state index >= 15 is 0 Å². The Morgan fingerprint density at radius 2 is 0.343 bits per heavy atom. The Morgan fingerprint density at radius 3 is 0.486 bits per heavy atom. The molecule has 3 rings (SSSR count). The van der Waals surface area contributed by atoms with E-state index in [-0.39, 0.29) is 5.48 Å². The van der Waals surface area contributed by atoms with E-state index in [1.54, 1.807) is 0 Å². The van der Waals surface area contributed by atoms with Crippen LogP contribution in [0, 0.1) is 87.3 Å². The molecule has 0 aliphatic carbocycles. The standard InChI is InChI=1S/C18BF15.H2O/c20-4-1(5(21)11(27)16(32)10(4)26)19(2-6(22)12(28)17(33)13(29)7(2)23)3-8(24)14(30)18(34)15(31)9(3)25;/h;1H2. The maximum atomic E-state index is 14.4. The van der Waals surface area contributed by atoms with Crippen molar-refractivity contribution >= 4 is 23.1 Å². The first-order chi connectivity index (χ1) is 15.7. The molecule has 2 N–H and O–H groups in total. The minimum Gasteiger partial charge on any atom is -0.412 e. The van der Waals surface area contributed by atoms with Crippen LogP contribution >= 0.6 is 0 Å². The van der Waals surface area contributed by atoms with Gasteiger partial charge in [-0.05, 0) is 0 Å². The summed E-state index contributed by atoms with van der Waals surface area (Å²) in [5, 5.41) is 0. The molecule has 0 saturated carbocycles. The van der Waals surface area contributed by atoms with Crippen molar-refractivity contribution in [3.8, 4) is 0 Å². The van der Waals surface area contributed by atoms with Gasteiger partial charge in [-0.25, -0.2) is 65.9 Å². The molecule has 188 valence electrons. The highest BCUT2D eigenvalue weighted by molar-refractivity contribution is 6.95. The highest BCUT2D eigenvalue weighted by Gasteiger charge is 2.45. The molecule has 0 atom stereocenters. The topological polar surface area (TPSA) is 31.5 Å². The molecule has 0 heterocycles. The molecule has 0 radical (unpaired) electrons. The minimum absolute atomic E-state index is 0. The van der Waals surface area contributed by atoms with Crippen LogP contribution in [0.25, 0.3) is 0 Å². The smallest absolute Gasteiger partial charge is 0.265 e. The summed E-state index contributed by atoms with van der Waals surface area (Å²) in [7, 11) is 0. The van der Waals surface area contributed by atoms with Crippen molar-refractivity contribution in [2.24, 2.45) is 0 Å². The van der Waals surface area contributed by atoms with Gasteiger partial charge in [0.1, 0.15) is 0 Å². The predicted molar refractivity (Wildman–Crippen MR) is 87.0 cm³/mol. The van der Waals surface area contributed by atoms with E-state index in [0.29, 0.717) is 0 Å². The highest BCUT2D eigenvalue weighted by Crippen LogP contribution is 2.23. The summed E-state index contributed by atoms with van der Waals surface area (Å²) < 4.78 is 209. The first kappa shape index (κ1) is 27.9. The second-order valence-electron chi connectivity index (χ2n) is 6.38. The lowest BCUT2D eigenvalue weighted by atomic mass is 9.36. The molecule has 0 bridgehead atoms. The Balaban J connectivity index is 0.00000432. The Morgan fingerprint density at radius 1 is 0.229 bits per heavy atom. The zero-order chi connectivity index (χ0) is 26.0. The van der Waals surface area contributed by atoms with Crippen molar-refractivity contribution in [1.82, 2.24) is 0 Å². The summed E-state index contributed by atoms with van der Waals surface area (Å²) in [5.41, 5.74) is -8.03. The van der Waals surface area contributed by atoms with Crippen molar-refractivity contribution in [2.75, 3.05) is 0 Å². The van der Waals surface area contributed by atoms with Gasteiger partial charge in [-0.2, -0.15) is 0 Å². The van der Waals surface area contributed by atoms with Crippen LogP contribution in [0.2, 0.25) is 0 Å². The van der Waals surface area contributed by atoms with Crippen molar-refractivity contribution in [1.29, 1.82) is 0 Å².